The van der Waals surface area contributed by atoms with E-state index >= 15 is 0 Å². The number of nitrogens with zero attached hydrogens (tertiary/aromatic N) is 2. The Bertz CT molecular complexity index is 1200. The molecule has 2 heterocycles. The molecule has 4 rings (SSSR count). The molecular formula is C25H24B2N4O4. The van der Waals surface area contributed by atoms with Crippen molar-refractivity contribution in [2.45, 2.75) is 11.9 Å². The summed E-state index contributed by atoms with van der Waals surface area (Å²) in [7, 11) is 12.4. The minimum absolute atomic E-state index is 0.162. The van der Waals surface area contributed by atoms with Crippen molar-refractivity contribution in [1.82, 2.24) is 9.88 Å². The first-order chi connectivity index (χ1) is 16.8. The first-order valence-corrected chi connectivity index (χ1v) is 11.1. The van der Waals surface area contributed by atoms with Crippen molar-refractivity contribution in [3.05, 3.63) is 89.2 Å². The maximum Gasteiger partial charge on any atom is 0.255 e. The highest BCUT2D eigenvalue weighted by Crippen LogP contribution is 2.25. The van der Waals surface area contributed by atoms with Gasteiger partial charge in [0.1, 0.15) is 21.4 Å². The Kier molecular flexibility index (Phi) is 7.53. The Balaban J connectivity index is 1.41. The quantitative estimate of drug-likeness (QED) is 0.491. The number of hydrogen-bond acceptors (Lipinski definition) is 6. The Hall–Kier alpha value is -3.62. The number of aromatic nitrogens is 1. The summed E-state index contributed by atoms with van der Waals surface area (Å²) in [6, 6.07) is 15.6. The normalized spacial score (nSPS) is 14.3. The third kappa shape index (κ3) is 6.49. The summed E-state index contributed by atoms with van der Waals surface area (Å²) in [4.78, 5) is 30.4. The second-order valence-electron chi connectivity index (χ2n) is 8.29. The number of carbonyl (C=O) groups is 2. The van der Waals surface area contributed by atoms with Gasteiger partial charge in [0, 0.05) is 42.5 Å². The zero-order valence-electron chi connectivity index (χ0n) is 19.1. The molecule has 35 heavy (non-hydrogen) atoms. The third-order valence-corrected chi connectivity index (χ3v) is 5.58. The minimum atomic E-state index is -1.75. The van der Waals surface area contributed by atoms with Gasteiger partial charge in [-0.1, -0.05) is 24.3 Å². The molecule has 3 aromatic rings. The van der Waals surface area contributed by atoms with Crippen molar-refractivity contribution in [1.29, 1.82) is 0 Å². The summed E-state index contributed by atoms with van der Waals surface area (Å²) in [5.41, 5.74) is 8.00. The molecule has 4 radical (unpaired) electrons. The van der Waals surface area contributed by atoms with Crippen LogP contribution in [0, 0.1) is 0 Å². The molecule has 0 unspecified atom stereocenters. The number of pyridine rings is 1. The summed E-state index contributed by atoms with van der Waals surface area (Å²) in [5, 5.41) is 1.10. The van der Waals surface area contributed by atoms with Crippen molar-refractivity contribution in [3.63, 3.8) is 0 Å². The number of benzene rings is 2. The molecule has 174 valence electrons. The molecule has 0 spiro atoms. The van der Waals surface area contributed by atoms with Gasteiger partial charge < -0.3 is 20.5 Å². The second-order valence-corrected chi connectivity index (χ2v) is 8.29. The summed E-state index contributed by atoms with van der Waals surface area (Å²) in [6.07, 6.45) is 2.69. The molecule has 10 heteroatoms. The molecule has 2 aromatic carbocycles. The van der Waals surface area contributed by atoms with Gasteiger partial charge in [-0.25, -0.2) is 0 Å². The Morgan fingerprint density at radius 3 is 2.51 bits per heavy atom. The van der Waals surface area contributed by atoms with E-state index in [4.69, 9.17) is 30.9 Å². The topological polar surface area (TPSA) is 107 Å². The van der Waals surface area contributed by atoms with Crippen molar-refractivity contribution < 1.29 is 19.1 Å². The molecule has 0 atom stereocenters. The van der Waals surface area contributed by atoms with E-state index in [9.17, 15) is 9.59 Å². The number of rotatable bonds is 8. The van der Waals surface area contributed by atoms with Gasteiger partial charge >= 0.3 is 0 Å². The van der Waals surface area contributed by atoms with Gasteiger partial charge in [-0.05, 0) is 41.5 Å². The van der Waals surface area contributed by atoms with Crippen LogP contribution in [0.1, 0.15) is 31.8 Å². The summed E-state index contributed by atoms with van der Waals surface area (Å²) >= 11 is 0. The van der Waals surface area contributed by atoms with E-state index in [0.717, 1.165) is 38.4 Å². The molecule has 0 bridgehead atoms. The first kappa shape index (κ1) is 24.5. The average Bonchev–Trinajstić information content (AvgIpc) is 2.85. The number of ether oxygens (including phenoxy) is 2. The van der Waals surface area contributed by atoms with Crippen LogP contribution in [0.2, 0.25) is 0 Å². The highest BCUT2D eigenvalue weighted by Gasteiger charge is 2.23. The van der Waals surface area contributed by atoms with Crippen molar-refractivity contribution >= 4 is 33.2 Å². The van der Waals surface area contributed by atoms with E-state index in [0.29, 0.717) is 16.8 Å². The van der Waals surface area contributed by atoms with E-state index in [2.05, 4.69) is 15.2 Å². The van der Waals surface area contributed by atoms with E-state index < -0.39 is 11.3 Å². The number of amides is 2. The predicted molar refractivity (Wildman–Crippen MR) is 134 cm³/mol. The smallest absolute Gasteiger partial charge is 0.255 e. The molecule has 1 aromatic heterocycles. The Labute approximate surface area is 206 Å². The highest BCUT2D eigenvalue weighted by molar-refractivity contribution is 6.39. The molecule has 1 saturated heterocycles. The summed E-state index contributed by atoms with van der Waals surface area (Å²) in [5.74, 6) is -0.738. The van der Waals surface area contributed by atoms with Crippen LogP contribution >= 0.6 is 0 Å². The van der Waals surface area contributed by atoms with Gasteiger partial charge in [0.2, 0.25) is 5.91 Å². The monoisotopic (exact) mass is 466 g/mol. The standard InChI is InChI=1S/C25H24B2N4O4/c26-25(27,35-22-12-19(23(28)32)14-29-15-22)20-2-1-3-21(13-20)30-24(33)18-6-4-17(5-7-18)16-31-8-10-34-11-9-31/h1-7,12-15H,8-11,16H2,(H2,28,32)(H,30,33). The fourth-order valence-electron chi connectivity index (χ4n) is 3.69. The number of hydrogen-bond donors (Lipinski definition) is 2. The summed E-state index contributed by atoms with van der Waals surface area (Å²) < 4.78 is 11.0. The molecule has 0 aliphatic carbocycles. The third-order valence-electron chi connectivity index (χ3n) is 5.58. The van der Waals surface area contributed by atoms with Crippen LogP contribution in [0.3, 0.4) is 0 Å². The van der Waals surface area contributed by atoms with Crippen LogP contribution in [0.4, 0.5) is 5.69 Å². The molecule has 1 aliphatic rings. The number of nitrogens with one attached hydrogen (secondary N) is 1. The Morgan fingerprint density at radius 1 is 1.06 bits per heavy atom. The number of nitrogens with two attached hydrogens (primary N) is 1. The van der Waals surface area contributed by atoms with Gasteiger partial charge in [0.05, 0.1) is 25.0 Å². The zero-order chi connectivity index (χ0) is 24.8. The largest absolute Gasteiger partial charge is 0.501 e. The zero-order valence-corrected chi connectivity index (χ0v) is 19.1. The predicted octanol–water partition coefficient (Wildman–Crippen LogP) is 1.79. The number of primary amides is 1. The lowest BCUT2D eigenvalue weighted by atomic mass is 9.61. The first-order valence-electron chi connectivity index (χ1n) is 11.1. The van der Waals surface area contributed by atoms with Crippen LogP contribution in [-0.4, -0.2) is 63.7 Å². The molecule has 8 nitrogen and oxygen atoms in total. The lowest BCUT2D eigenvalue weighted by Gasteiger charge is -2.29. The van der Waals surface area contributed by atoms with Crippen LogP contribution in [0.15, 0.2) is 67.0 Å². The van der Waals surface area contributed by atoms with Gasteiger partial charge in [-0.3, -0.25) is 19.5 Å². The van der Waals surface area contributed by atoms with Crippen LogP contribution in [-0.2, 0) is 16.7 Å². The van der Waals surface area contributed by atoms with Gasteiger partial charge in [-0.15, -0.1) is 0 Å². The lowest BCUT2D eigenvalue weighted by molar-refractivity contribution is 0.0342. The van der Waals surface area contributed by atoms with Gasteiger partial charge in [0.25, 0.3) is 5.91 Å². The SMILES string of the molecule is [B]C([B])(Oc1cncc(C(N)=O)c1)c1cccc(NC(=O)c2ccc(CN3CCOCC3)cc2)c1. The molecule has 1 fully saturated rings. The molecular weight excluding hydrogens is 442 g/mol. The van der Waals surface area contributed by atoms with Crippen molar-refractivity contribution in [2.75, 3.05) is 31.6 Å². The number of carbonyl (C=O) groups excluding carboxylic acids is 2. The fourth-order valence-corrected chi connectivity index (χ4v) is 3.69. The van der Waals surface area contributed by atoms with E-state index in [1.807, 2.05) is 12.1 Å². The molecule has 0 saturated carbocycles. The van der Waals surface area contributed by atoms with Crippen LogP contribution < -0.4 is 15.8 Å². The number of anilines is 1. The summed E-state index contributed by atoms with van der Waals surface area (Å²) in [6.45, 7) is 4.11. The number of morpholine rings is 1. The van der Waals surface area contributed by atoms with Crippen LogP contribution in [0.5, 0.6) is 5.75 Å². The van der Waals surface area contributed by atoms with Crippen molar-refractivity contribution in [3.8, 4) is 5.75 Å². The average molecular weight is 466 g/mol. The van der Waals surface area contributed by atoms with E-state index in [1.54, 1.807) is 36.4 Å². The van der Waals surface area contributed by atoms with E-state index in [-0.39, 0.29) is 17.2 Å². The highest BCUT2D eigenvalue weighted by atomic mass is 16.5. The maximum atomic E-state index is 12.8. The van der Waals surface area contributed by atoms with E-state index in [1.165, 1.54) is 18.5 Å². The van der Waals surface area contributed by atoms with Crippen LogP contribution in [0.25, 0.3) is 0 Å². The molecule has 2 amide bonds. The van der Waals surface area contributed by atoms with Crippen molar-refractivity contribution in [2.24, 2.45) is 5.73 Å². The minimum Gasteiger partial charge on any atom is -0.501 e. The second kappa shape index (κ2) is 10.8. The Morgan fingerprint density at radius 2 is 1.80 bits per heavy atom. The fraction of sp³-hybridized carbons (Fsp3) is 0.240. The van der Waals surface area contributed by atoms with Gasteiger partial charge in [0.15, 0.2) is 0 Å². The molecule has 3 N–H and O–H groups in total. The maximum absolute atomic E-state index is 12.8. The molecule has 1 aliphatic heterocycles. The van der Waals surface area contributed by atoms with Gasteiger partial charge in [-0.2, -0.15) is 0 Å². The lowest BCUT2D eigenvalue weighted by Crippen LogP contribution is -2.35.